The van der Waals surface area contributed by atoms with E-state index in [1.54, 1.807) is 11.7 Å². The van der Waals surface area contributed by atoms with Crippen LogP contribution in [0.4, 0.5) is 0 Å². The fraction of sp³-hybridized carbons (Fsp3) is 0.667. The molecule has 0 aromatic carbocycles. The molecule has 1 aromatic rings. The van der Waals surface area contributed by atoms with Gasteiger partial charge in [0.25, 0.3) is 5.91 Å². The minimum absolute atomic E-state index is 0.0211. The van der Waals surface area contributed by atoms with E-state index in [-0.39, 0.29) is 11.9 Å². The average Bonchev–Trinajstić information content (AvgIpc) is 2.58. The number of carbonyl (C=O) groups is 1. The van der Waals surface area contributed by atoms with Gasteiger partial charge >= 0.3 is 0 Å². The number of hydrogen-bond donors (Lipinski definition) is 2. The maximum atomic E-state index is 12.1. The van der Waals surface area contributed by atoms with Gasteiger partial charge in [-0.2, -0.15) is 5.10 Å². The number of rotatable bonds is 2. The molecule has 2 atom stereocenters. The molecule has 2 heterocycles. The Morgan fingerprint density at radius 3 is 3.00 bits per heavy atom. The number of carbonyl (C=O) groups excluding carboxylic acids is 1. The molecule has 0 radical (unpaired) electrons. The van der Waals surface area contributed by atoms with E-state index in [2.05, 4.69) is 22.7 Å². The van der Waals surface area contributed by atoms with Crippen molar-refractivity contribution in [2.75, 3.05) is 6.54 Å². The zero-order valence-corrected chi connectivity index (χ0v) is 10.7. The molecule has 0 bridgehead atoms. The molecule has 1 saturated heterocycles. The van der Waals surface area contributed by atoms with Crippen LogP contribution in [0, 0.1) is 6.92 Å². The monoisotopic (exact) mass is 236 g/mol. The van der Waals surface area contributed by atoms with Crippen molar-refractivity contribution in [3.8, 4) is 0 Å². The quantitative estimate of drug-likeness (QED) is 0.790. The second kappa shape index (κ2) is 4.87. The van der Waals surface area contributed by atoms with Crippen LogP contribution in [0.25, 0.3) is 0 Å². The summed E-state index contributed by atoms with van der Waals surface area (Å²) in [5.41, 5.74) is 1.50. The number of nitrogens with zero attached hydrogens (tertiary/aromatic N) is 2. The maximum absolute atomic E-state index is 12.1. The number of nitrogens with one attached hydrogen (secondary N) is 2. The third-order valence-corrected chi connectivity index (χ3v) is 3.19. The normalized spacial score (nSPS) is 24.6. The van der Waals surface area contributed by atoms with Gasteiger partial charge in [0, 0.05) is 19.1 Å². The highest BCUT2D eigenvalue weighted by Crippen LogP contribution is 2.09. The van der Waals surface area contributed by atoms with Crippen molar-refractivity contribution in [3.63, 3.8) is 0 Å². The van der Waals surface area contributed by atoms with Gasteiger partial charge in [-0.3, -0.25) is 9.48 Å². The highest BCUT2D eigenvalue weighted by Gasteiger charge is 2.21. The lowest BCUT2D eigenvalue weighted by Gasteiger charge is -2.28. The van der Waals surface area contributed by atoms with E-state index in [0.29, 0.717) is 11.7 Å². The van der Waals surface area contributed by atoms with Gasteiger partial charge in [0.2, 0.25) is 0 Å². The zero-order valence-electron chi connectivity index (χ0n) is 10.7. The molecule has 17 heavy (non-hydrogen) atoms. The van der Waals surface area contributed by atoms with Crippen LogP contribution < -0.4 is 10.6 Å². The molecule has 1 amide bonds. The van der Waals surface area contributed by atoms with Gasteiger partial charge in [0.05, 0.1) is 5.69 Å². The van der Waals surface area contributed by atoms with Crippen LogP contribution in [0.5, 0.6) is 0 Å². The Hall–Kier alpha value is -1.36. The fourth-order valence-electron chi connectivity index (χ4n) is 2.35. The van der Waals surface area contributed by atoms with Crippen molar-refractivity contribution >= 4 is 5.91 Å². The van der Waals surface area contributed by atoms with Gasteiger partial charge in [0.15, 0.2) is 0 Å². The first-order valence-electron chi connectivity index (χ1n) is 6.11. The molecule has 1 fully saturated rings. The standard InChI is InChI=1S/C12H20N4O/c1-8-6-10(4-5-13-8)14-12(17)11-7-9(2)15-16(11)3/h7-8,10,13H,4-6H2,1-3H3,(H,14,17). The first-order chi connectivity index (χ1) is 8.06. The Kier molecular flexibility index (Phi) is 3.47. The molecular formula is C12H20N4O. The second-order valence-corrected chi connectivity index (χ2v) is 4.84. The lowest BCUT2D eigenvalue weighted by atomic mass is 10.0. The molecule has 1 aliphatic heterocycles. The van der Waals surface area contributed by atoms with Crippen molar-refractivity contribution in [1.29, 1.82) is 0 Å². The zero-order chi connectivity index (χ0) is 12.4. The van der Waals surface area contributed by atoms with Crippen LogP contribution >= 0.6 is 0 Å². The van der Waals surface area contributed by atoms with E-state index in [1.807, 2.05) is 13.0 Å². The molecule has 1 aromatic heterocycles. The third kappa shape index (κ3) is 2.85. The van der Waals surface area contributed by atoms with Crippen LogP contribution in [0.3, 0.4) is 0 Å². The van der Waals surface area contributed by atoms with Crippen molar-refractivity contribution in [2.45, 2.75) is 38.8 Å². The number of aromatic nitrogens is 2. The minimum Gasteiger partial charge on any atom is -0.348 e. The minimum atomic E-state index is -0.0211. The summed E-state index contributed by atoms with van der Waals surface area (Å²) in [5, 5.41) is 10.6. The Bertz CT molecular complexity index is 413. The molecular weight excluding hydrogens is 216 g/mol. The van der Waals surface area contributed by atoms with E-state index in [4.69, 9.17) is 0 Å². The van der Waals surface area contributed by atoms with Gasteiger partial charge in [-0.05, 0) is 39.3 Å². The summed E-state index contributed by atoms with van der Waals surface area (Å²) < 4.78 is 1.63. The Labute approximate surface area is 102 Å². The highest BCUT2D eigenvalue weighted by molar-refractivity contribution is 5.92. The van der Waals surface area contributed by atoms with Crippen molar-refractivity contribution in [1.82, 2.24) is 20.4 Å². The van der Waals surface area contributed by atoms with Gasteiger partial charge in [-0.15, -0.1) is 0 Å². The number of amides is 1. The van der Waals surface area contributed by atoms with Gasteiger partial charge in [0.1, 0.15) is 5.69 Å². The summed E-state index contributed by atoms with van der Waals surface area (Å²) in [6.07, 6.45) is 1.98. The van der Waals surface area contributed by atoms with Crippen LogP contribution in [0.2, 0.25) is 0 Å². The summed E-state index contributed by atoms with van der Waals surface area (Å²) in [7, 11) is 1.80. The lowest BCUT2D eigenvalue weighted by molar-refractivity contribution is 0.0916. The number of aryl methyl sites for hydroxylation is 2. The summed E-state index contributed by atoms with van der Waals surface area (Å²) in [5.74, 6) is -0.0211. The van der Waals surface area contributed by atoms with Crippen molar-refractivity contribution in [2.24, 2.45) is 7.05 Å². The predicted octanol–water partition coefficient (Wildman–Crippen LogP) is 0.599. The van der Waals surface area contributed by atoms with Crippen molar-refractivity contribution < 1.29 is 4.79 Å². The third-order valence-electron chi connectivity index (χ3n) is 3.19. The second-order valence-electron chi connectivity index (χ2n) is 4.84. The fourth-order valence-corrected chi connectivity index (χ4v) is 2.35. The topological polar surface area (TPSA) is 59.0 Å². The van der Waals surface area contributed by atoms with Crippen LogP contribution in [0.15, 0.2) is 6.07 Å². The van der Waals surface area contributed by atoms with E-state index in [9.17, 15) is 4.79 Å². The molecule has 0 spiro atoms. The van der Waals surface area contributed by atoms with E-state index in [1.165, 1.54) is 0 Å². The van der Waals surface area contributed by atoms with E-state index >= 15 is 0 Å². The number of piperidine rings is 1. The summed E-state index contributed by atoms with van der Waals surface area (Å²) in [6.45, 7) is 5.01. The summed E-state index contributed by atoms with van der Waals surface area (Å²) >= 11 is 0. The molecule has 1 aliphatic rings. The molecule has 2 rings (SSSR count). The molecule has 0 saturated carbocycles. The Morgan fingerprint density at radius 1 is 1.65 bits per heavy atom. The molecule has 94 valence electrons. The molecule has 0 aliphatic carbocycles. The SMILES string of the molecule is Cc1cc(C(=O)NC2CCNC(C)C2)n(C)n1. The number of hydrogen-bond acceptors (Lipinski definition) is 3. The maximum Gasteiger partial charge on any atom is 0.269 e. The molecule has 2 unspecified atom stereocenters. The Balaban J connectivity index is 1.99. The van der Waals surface area contributed by atoms with E-state index < -0.39 is 0 Å². The summed E-state index contributed by atoms with van der Waals surface area (Å²) in [4.78, 5) is 12.1. The molecule has 2 N–H and O–H groups in total. The van der Waals surface area contributed by atoms with Gasteiger partial charge in [-0.25, -0.2) is 0 Å². The Morgan fingerprint density at radius 2 is 2.41 bits per heavy atom. The van der Waals surface area contributed by atoms with Crippen LogP contribution in [0.1, 0.15) is 35.9 Å². The molecule has 5 nitrogen and oxygen atoms in total. The summed E-state index contributed by atoms with van der Waals surface area (Å²) in [6, 6.07) is 2.57. The lowest BCUT2D eigenvalue weighted by Crippen LogP contribution is -2.46. The van der Waals surface area contributed by atoms with Gasteiger partial charge < -0.3 is 10.6 Å². The largest absolute Gasteiger partial charge is 0.348 e. The predicted molar refractivity (Wildman–Crippen MR) is 65.9 cm³/mol. The average molecular weight is 236 g/mol. The first-order valence-corrected chi connectivity index (χ1v) is 6.11. The highest BCUT2D eigenvalue weighted by atomic mass is 16.2. The van der Waals surface area contributed by atoms with Gasteiger partial charge in [-0.1, -0.05) is 0 Å². The van der Waals surface area contributed by atoms with Crippen LogP contribution in [-0.2, 0) is 7.05 Å². The first kappa shape index (κ1) is 12.1. The van der Waals surface area contributed by atoms with Crippen molar-refractivity contribution in [3.05, 3.63) is 17.5 Å². The smallest absolute Gasteiger partial charge is 0.269 e. The van der Waals surface area contributed by atoms with E-state index in [0.717, 1.165) is 25.1 Å². The molecule has 5 heteroatoms. The van der Waals surface area contributed by atoms with Crippen LogP contribution in [-0.4, -0.2) is 34.3 Å².